The zero-order chi connectivity index (χ0) is 18.6. The molecule has 7 heteroatoms. The van der Waals surface area contributed by atoms with E-state index in [1.807, 2.05) is 0 Å². The van der Waals surface area contributed by atoms with Crippen LogP contribution in [-0.4, -0.2) is 23.2 Å². The van der Waals surface area contributed by atoms with E-state index in [0.29, 0.717) is 11.4 Å². The molecule has 0 heterocycles. The van der Waals surface area contributed by atoms with Gasteiger partial charge in [-0.3, -0.25) is 4.79 Å². The monoisotopic (exact) mass is 343 g/mol. The van der Waals surface area contributed by atoms with Gasteiger partial charge in [-0.1, -0.05) is 0 Å². The van der Waals surface area contributed by atoms with E-state index in [1.54, 1.807) is 31.2 Å². The van der Waals surface area contributed by atoms with Gasteiger partial charge in [0.2, 0.25) is 0 Å². The number of ether oxygens (including phenoxy) is 1. The number of carbonyl (C=O) groups excluding carboxylic acids is 1. The van der Waals surface area contributed by atoms with Crippen LogP contribution >= 0.6 is 0 Å². The molecule has 0 radical (unpaired) electrons. The minimum atomic E-state index is -1.85. The smallest absolute Gasteiger partial charge is 0.259 e. The number of hydrogen-bond acceptors (Lipinski definition) is 5. The lowest BCUT2D eigenvalue weighted by atomic mass is 10.1. The molecule has 1 atom stereocenters. The number of anilines is 2. The van der Waals surface area contributed by atoms with E-state index < -0.39 is 23.9 Å². The number of nitrogens with zero attached hydrogens (tertiary/aromatic N) is 1. The Balaban J connectivity index is 2.02. The molecule has 1 unspecified atom stereocenters. The van der Waals surface area contributed by atoms with Crippen molar-refractivity contribution in [2.45, 2.75) is 19.4 Å². The molecule has 130 valence electrons. The Bertz CT molecular complexity index is 844. The Kier molecular flexibility index (Phi) is 5.25. The molecule has 0 aromatic heterocycles. The molecule has 25 heavy (non-hydrogen) atoms. The molecule has 6 nitrogen and oxygen atoms in total. The van der Waals surface area contributed by atoms with Gasteiger partial charge >= 0.3 is 0 Å². The van der Waals surface area contributed by atoms with E-state index in [2.05, 4.69) is 5.32 Å². The highest BCUT2D eigenvalue weighted by Crippen LogP contribution is 2.20. The zero-order valence-corrected chi connectivity index (χ0v) is 13.8. The Morgan fingerprint density at radius 3 is 2.72 bits per heavy atom. The van der Waals surface area contributed by atoms with Crippen LogP contribution in [0.2, 0.25) is 0 Å². The van der Waals surface area contributed by atoms with E-state index in [4.69, 9.17) is 15.7 Å². The quantitative estimate of drug-likeness (QED) is 0.722. The van der Waals surface area contributed by atoms with Crippen LogP contribution in [0.4, 0.5) is 15.8 Å². The molecule has 2 rings (SSSR count). The number of nitrogens with two attached hydrogens (primary N) is 1. The number of benzene rings is 2. The fourth-order valence-electron chi connectivity index (χ4n) is 1.98. The summed E-state index contributed by atoms with van der Waals surface area (Å²) in [6, 6.07) is 10.3. The molecule has 2 aromatic rings. The van der Waals surface area contributed by atoms with Gasteiger partial charge < -0.3 is 20.9 Å². The van der Waals surface area contributed by atoms with Crippen LogP contribution in [-0.2, 0) is 4.79 Å². The summed E-state index contributed by atoms with van der Waals surface area (Å²) in [5.41, 5.74) is 5.63. The third kappa shape index (κ3) is 4.46. The molecule has 0 aliphatic heterocycles. The van der Waals surface area contributed by atoms with Crippen LogP contribution in [0.5, 0.6) is 5.75 Å². The maximum absolute atomic E-state index is 13.5. The van der Waals surface area contributed by atoms with Crippen LogP contribution in [0.3, 0.4) is 0 Å². The summed E-state index contributed by atoms with van der Waals surface area (Å²) in [5.74, 6) is -1.31. The van der Waals surface area contributed by atoms with Crippen molar-refractivity contribution in [3.05, 3.63) is 53.3 Å². The minimum Gasteiger partial charge on any atom is -0.490 e. The summed E-state index contributed by atoms with van der Waals surface area (Å²) in [6.07, 6.45) is 0. The molecule has 0 bridgehead atoms. The maximum Gasteiger partial charge on any atom is 0.259 e. The van der Waals surface area contributed by atoms with E-state index in [9.17, 15) is 14.3 Å². The molecule has 0 saturated heterocycles. The summed E-state index contributed by atoms with van der Waals surface area (Å²) >= 11 is 0. The van der Waals surface area contributed by atoms with Crippen LogP contribution in [0.1, 0.15) is 18.1 Å². The summed E-state index contributed by atoms with van der Waals surface area (Å²) in [4.78, 5) is 12.2. The molecule has 0 aliphatic rings. The molecular weight excluding hydrogens is 325 g/mol. The zero-order valence-electron chi connectivity index (χ0n) is 13.8. The molecule has 4 N–H and O–H groups in total. The molecule has 0 saturated carbocycles. The van der Waals surface area contributed by atoms with Crippen molar-refractivity contribution in [3.63, 3.8) is 0 Å². The standard InChI is InChI=1S/C18H18FN3O3/c1-11-7-13(4-6-16(11)21)22-17(23)18(2,24)10-25-14-5-3-12(9-20)15(19)8-14/h3-8,24H,10,21H2,1-2H3,(H,22,23). The van der Waals surface area contributed by atoms with Crippen molar-refractivity contribution < 1.29 is 19.0 Å². The Morgan fingerprint density at radius 2 is 2.12 bits per heavy atom. The number of amides is 1. The third-order valence-electron chi connectivity index (χ3n) is 3.60. The SMILES string of the molecule is Cc1cc(NC(=O)C(C)(O)COc2ccc(C#N)c(F)c2)ccc1N. The molecule has 0 aliphatic carbocycles. The van der Waals surface area contributed by atoms with Crippen molar-refractivity contribution in [3.8, 4) is 11.8 Å². The molecule has 1 amide bonds. The Hall–Kier alpha value is -3.11. The van der Waals surface area contributed by atoms with Crippen molar-refractivity contribution in [2.24, 2.45) is 0 Å². The topological polar surface area (TPSA) is 108 Å². The van der Waals surface area contributed by atoms with Gasteiger partial charge in [-0.05, 0) is 49.7 Å². The van der Waals surface area contributed by atoms with Crippen molar-refractivity contribution in [1.82, 2.24) is 0 Å². The van der Waals surface area contributed by atoms with E-state index in [-0.39, 0.29) is 11.3 Å². The summed E-state index contributed by atoms with van der Waals surface area (Å²) in [5, 5.41) is 21.6. The molecular formula is C18H18FN3O3. The number of aliphatic hydroxyl groups is 1. The number of rotatable bonds is 5. The van der Waals surface area contributed by atoms with Gasteiger partial charge in [-0.2, -0.15) is 5.26 Å². The van der Waals surface area contributed by atoms with Crippen LogP contribution in [0, 0.1) is 24.1 Å². The highest BCUT2D eigenvalue weighted by molar-refractivity contribution is 5.97. The van der Waals surface area contributed by atoms with E-state index in [1.165, 1.54) is 19.1 Å². The number of aryl methyl sites for hydroxylation is 1. The first-order valence-corrected chi connectivity index (χ1v) is 7.45. The normalized spacial score (nSPS) is 12.8. The fraction of sp³-hybridized carbons (Fsp3) is 0.222. The largest absolute Gasteiger partial charge is 0.490 e. The predicted octanol–water partition coefficient (Wildman–Crippen LogP) is 2.36. The average Bonchev–Trinajstić information content (AvgIpc) is 2.56. The van der Waals surface area contributed by atoms with Crippen LogP contribution in [0.25, 0.3) is 0 Å². The van der Waals surface area contributed by atoms with Gasteiger partial charge in [0.05, 0.1) is 5.56 Å². The van der Waals surface area contributed by atoms with Crippen LogP contribution < -0.4 is 15.8 Å². The maximum atomic E-state index is 13.5. The second-order valence-electron chi connectivity index (χ2n) is 5.84. The number of nitriles is 1. The average molecular weight is 343 g/mol. The summed E-state index contributed by atoms with van der Waals surface area (Å²) in [6.45, 7) is 2.69. The van der Waals surface area contributed by atoms with Gasteiger partial charge in [0.1, 0.15) is 24.2 Å². The Morgan fingerprint density at radius 1 is 1.40 bits per heavy atom. The molecule has 0 fully saturated rings. The van der Waals surface area contributed by atoms with Gasteiger partial charge in [-0.25, -0.2) is 4.39 Å². The van der Waals surface area contributed by atoms with Gasteiger partial charge in [0.25, 0.3) is 5.91 Å². The number of nitrogens with one attached hydrogen (secondary N) is 1. The second kappa shape index (κ2) is 7.20. The first-order chi connectivity index (χ1) is 11.7. The lowest BCUT2D eigenvalue weighted by Crippen LogP contribution is -2.45. The summed E-state index contributed by atoms with van der Waals surface area (Å²) in [7, 11) is 0. The first-order valence-electron chi connectivity index (χ1n) is 7.45. The fourth-order valence-corrected chi connectivity index (χ4v) is 1.98. The third-order valence-corrected chi connectivity index (χ3v) is 3.60. The summed E-state index contributed by atoms with van der Waals surface area (Å²) < 4.78 is 18.8. The molecule has 2 aromatic carbocycles. The van der Waals surface area contributed by atoms with Gasteiger partial charge in [0, 0.05) is 17.4 Å². The number of halogens is 1. The van der Waals surface area contributed by atoms with Gasteiger partial charge in [0.15, 0.2) is 5.60 Å². The minimum absolute atomic E-state index is 0.105. The van der Waals surface area contributed by atoms with Crippen LogP contribution in [0.15, 0.2) is 36.4 Å². The van der Waals surface area contributed by atoms with E-state index in [0.717, 1.165) is 11.6 Å². The van der Waals surface area contributed by atoms with E-state index >= 15 is 0 Å². The lowest BCUT2D eigenvalue weighted by Gasteiger charge is -2.23. The predicted molar refractivity (Wildman–Crippen MR) is 91.5 cm³/mol. The lowest BCUT2D eigenvalue weighted by molar-refractivity contribution is -0.135. The second-order valence-corrected chi connectivity index (χ2v) is 5.84. The highest BCUT2D eigenvalue weighted by atomic mass is 19.1. The van der Waals surface area contributed by atoms with Crippen molar-refractivity contribution >= 4 is 17.3 Å². The first kappa shape index (κ1) is 18.2. The van der Waals surface area contributed by atoms with Crippen molar-refractivity contribution in [2.75, 3.05) is 17.7 Å². The van der Waals surface area contributed by atoms with Gasteiger partial charge in [-0.15, -0.1) is 0 Å². The number of carbonyl (C=O) groups is 1. The number of nitrogen functional groups attached to an aromatic ring is 1. The Labute approximate surface area is 144 Å². The number of hydrogen-bond donors (Lipinski definition) is 3. The van der Waals surface area contributed by atoms with Crippen molar-refractivity contribution in [1.29, 1.82) is 5.26 Å². The highest BCUT2D eigenvalue weighted by Gasteiger charge is 2.31. The molecule has 0 spiro atoms.